The fourth-order valence-corrected chi connectivity index (χ4v) is 4.37. The molecule has 26 heavy (non-hydrogen) atoms. The quantitative estimate of drug-likeness (QED) is 0.567. The largest absolute Gasteiger partial charge is 0.320 e. The summed E-state index contributed by atoms with van der Waals surface area (Å²) >= 11 is 0.907. The highest BCUT2D eigenvalue weighted by molar-refractivity contribution is 7.91. The minimum Gasteiger partial charge on any atom is -0.320 e. The molecule has 0 aliphatic heterocycles. The maximum Gasteiger partial charge on any atom is 0.250 e. The molecule has 1 aromatic heterocycles. The molecular weight excluding hydrogens is 396 g/mol. The Kier molecular flexibility index (Phi) is 6.04. The van der Waals surface area contributed by atoms with Crippen LogP contribution in [0.3, 0.4) is 0 Å². The summed E-state index contributed by atoms with van der Waals surface area (Å²) in [7, 11) is -4.06. The van der Waals surface area contributed by atoms with Crippen LogP contribution in [0.2, 0.25) is 0 Å². The average Bonchev–Trinajstić information content (AvgIpc) is 3.10. The number of hydrogen-bond donors (Lipinski definition) is 2. The van der Waals surface area contributed by atoms with E-state index in [0.29, 0.717) is 0 Å². The molecule has 0 radical (unpaired) electrons. The maximum atomic E-state index is 13.7. The number of carbonyl (C=O) groups is 1. The molecule has 2 rings (SSSR count). The standard InChI is InChI=1S/C15H14F4N2O3S2/c1-7(2)13(21-26(23,24)10-4-3-5-25-10)15(22)20-14-11(18)8(16)6-9(17)12(14)19/h3-7,13,21H,1-2H3,(H,20,22). The van der Waals surface area contributed by atoms with Gasteiger partial charge in [-0.3, -0.25) is 4.79 Å². The number of anilines is 1. The number of amides is 1. The highest BCUT2D eigenvalue weighted by atomic mass is 32.2. The molecule has 0 aliphatic carbocycles. The molecule has 0 spiro atoms. The lowest BCUT2D eigenvalue weighted by Crippen LogP contribution is -2.47. The van der Waals surface area contributed by atoms with Gasteiger partial charge < -0.3 is 5.32 Å². The fourth-order valence-electron chi connectivity index (χ4n) is 2.02. The summed E-state index contributed by atoms with van der Waals surface area (Å²) in [6.07, 6.45) is 0. The minimum atomic E-state index is -4.06. The van der Waals surface area contributed by atoms with Gasteiger partial charge in [-0.15, -0.1) is 11.3 Å². The zero-order chi connectivity index (χ0) is 19.6. The molecule has 1 unspecified atom stereocenters. The molecule has 0 bridgehead atoms. The Morgan fingerprint density at radius 1 is 1.12 bits per heavy atom. The Hall–Kier alpha value is -1.98. The Balaban J connectivity index is 2.31. The summed E-state index contributed by atoms with van der Waals surface area (Å²) in [5.41, 5.74) is -1.33. The minimum absolute atomic E-state index is 0.000246. The lowest BCUT2D eigenvalue weighted by atomic mass is 10.0. The van der Waals surface area contributed by atoms with Crippen LogP contribution in [0.1, 0.15) is 13.8 Å². The zero-order valence-electron chi connectivity index (χ0n) is 13.5. The SMILES string of the molecule is CC(C)C(NS(=O)(=O)c1cccs1)C(=O)Nc1c(F)c(F)cc(F)c1F. The zero-order valence-corrected chi connectivity index (χ0v) is 15.2. The van der Waals surface area contributed by atoms with Gasteiger partial charge in [0.25, 0.3) is 10.0 Å². The van der Waals surface area contributed by atoms with E-state index in [4.69, 9.17) is 0 Å². The van der Waals surface area contributed by atoms with E-state index < -0.39 is 56.8 Å². The van der Waals surface area contributed by atoms with Crippen molar-refractivity contribution in [2.45, 2.75) is 24.1 Å². The third-order valence-electron chi connectivity index (χ3n) is 3.35. The van der Waals surface area contributed by atoms with Crippen LogP contribution in [-0.2, 0) is 14.8 Å². The summed E-state index contributed by atoms with van der Waals surface area (Å²) in [4.78, 5) is 12.3. The number of sulfonamides is 1. The van der Waals surface area contributed by atoms with Gasteiger partial charge in [-0.05, 0) is 17.4 Å². The van der Waals surface area contributed by atoms with Crippen LogP contribution in [0.5, 0.6) is 0 Å². The van der Waals surface area contributed by atoms with Crippen LogP contribution in [0.15, 0.2) is 27.8 Å². The van der Waals surface area contributed by atoms with E-state index in [1.54, 1.807) is 5.32 Å². The number of carbonyl (C=O) groups excluding carboxylic acids is 1. The highest BCUT2D eigenvalue weighted by Crippen LogP contribution is 2.25. The molecular formula is C15H14F4N2O3S2. The van der Waals surface area contributed by atoms with E-state index in [-0.39, 0.29) is 10.3 Å². The third-order valence-corrected chi connectivity index (χ3v) is 6.19. The number of nitrogens with one attached hydrogen (secondary N) is 2. The first kappa shape index (κ1) is 20.3. The van der Waals surface area contributed by atoms with Gasteiger partial charge >= 0.3 is 0 Å². The van der Waals surface area contributed by atoms with Gasteiger partial charge in [-0.2, -0.15) is 4.72 Å². The van der Waals surface area contributed by atoms with Crippen molar-refractivity contribution in [1.29, 1.82) is 0 Å². The van der Waals surface area contributed by atoms with Gasteiger partial charge in [0.1, 0.15) is 15.9 Å². The predicted octanol–water partition coefficient (Wildman–Crippen LogP) is 3.25. The fraction of sp³-hybridized carbons (Fsp3) is 0.267. The van der Waals surface area contributed by atoms with E-state index in [1.165, 1.54) is 31.4 Å². The topological polar surface area (TPSA) is 75.3 Å². The van der Waals surface area contributed by atoms with Gasteiger partial charge in [0, 0.05) is 6.07 Å². The van der Waals surface area contributed by atoms with Crippen LogP contribution in [0.4, 0.5) is 23.2 Å². The molecule has 0 saturated heterocycles. The second kappa shape index (κ2) is 7.72. The van der Waals surface area contributed by atoms with Crippen LogP contribution in [0.25, 0.3) is 0 Å². The van der Waals surface area contributed by atoms with Crippen LogP contribution in [0, 0.1) is 29.2 Å². The summed E-state index contributed by atoms with van der Waals surface area (Å²) in [5, 5.41) is 3.23. The predicted molar refractivity (Wildman–Crippen MR) is 88.2 cm³/mol. The van der Waals surface area contributed by atoms with Crippen molar-refractivity contribution in [3.8, 4) is 0 Å². The van der Waals surface area contributed by atoms with Crippen LogP contribution < -0.4 is 10.0 Å². The van der Waals surface area contributed by atoms with E-state index in [9.17, 15) is 30.8 Å². The van der Waals surface area contributed by atoms with E-state index in [1.807, 2.05) is 0 Å². The summed E-state index contributed by atoms with van der Waals surface area (Å²) < 4.78 is 80.5. The van der Waals surface area contributed by atoms with Gasteiger partial charge in [0.15, 0.2) is 23.3 Å². The normalized spacial score (nSPS) is 13.0. The third kappa shape index (κ3) is 4.22. The van der Waals surface area contributed by atoms with E-state index in [0.717, 1.165) is 11.3 Å². The monoisotopic (exact) mass is 410 g/mol. The van der Waals surface area contributed by atoms with Gasteiger partial charge in [0.2, 0.25) is 5.91 Å². The van der Waals surface area contributed by atoms with Crippen molar-refractivity contribution in [2.24, 2.45) is 5.92 Å². The van der Waals surface area contributed by atoms with Gasteiger partial charge in [0.05, 0.1) is 0 Å². The molecule has 1 heterocycles. The second-order valence-electron chi connectivity index (χ2n) is 5.61. The average molecular weight is 410 g/mol. The molecule has 0 aliphatic rings. The highest BCUT2D eigenvalue weighted by Gasteiger charge is 2.31. The first-order chi connectivity index (χ1) is 12.0. The number of rotatable bonds is 6. The van der Waals surface area contributed by atoms with Crippen molar-refractivity contribution in [3.05, 3.63) is 46.8 Å². The molecule has 11 heteroatoms. The number of benzene rings is 1. The molecule has 1 atom stereocenters. The number of halogens is 4. The molecule has 5 nitrogen and oxygen atoms in total. The Morgan fingerprint density at radius 2 is 1.69 bits per heavy atom. The lowest BCUT2D eigenvalue weighted by Gasteiger charge is -2.21. The molecule has 1 aromatic carbocycles. The molecule has 142 valence electrons. The summed E-state index contributed by atoms with van der Waals surface area (Å²) in [6, 6.07) is 1.36. The van der Waals surface area contributed by atoms with E-state index in [2.05, 4.69) is 4.72 Å². The van der Waals surface area contributed by atoms with Gasteiger partial charge in [-0.25, -0.2) is 26.0 Å². The first-order valence-corrected chi connectivity index (χ1v) is 9.60. The van der Waals surface area contributed by atoms with Crippen molar-refractivity contribution >= 4 is 33.0 Å². The second-order valence-corrected chi connectivity index (χ2v) is 8.50. The molecule has 2 N–H and O–H groups in total. The van der Waals surface area contributed by atoms with Crippen LogP contribution in [-0.4, -0.2) is 20.4 Å². The number of hydrogen-bond acceptors (Lipinski definition) is 4. The van der Waals surface area contributed by atoms with Gasteiger partial charge in [-0.1, -0.05) is 19.9 Å². The molecule has 1 amide bonds. The summed E-state index contributed by atoms with van der Waals surface area (Å²) in [6.45, 7) is 2.97. The smallest absolute Gasteiger partial charge is 0.250 e. The Morgan fingerprint density at radius 3 is 2.15 bits per heavy atom. The van der Waals surface area contributed by atoms with Crippen molar-refractivity contribution in [2.75, 3.05) is 5.32 Å². The Labute approximate surface area is 151 Å². The first-order valence-electron chi connectivity index (χ1n) is 7.24. The van der Waals surface area contributed by atoms with Crippen molar-refractivity contribution in [1.82, 2.24) is 4.72 Å². The molecule has 0 saturated carbocycles. The maximum absolute atomic E-state index is 13.7. The van der Waals surface area contributed by atoms with E-state index >= 15 is 0 Å². The molecule has 2 aromatic rings. The van der Waals surface area contributed by atoms with Crippen molar-refractivity contribution in [3.63, 3.8) is 0 Å². The molecule has 0 fully saturated rings. The lowest BCUT2D eigenvalue weighted by molar-refractivity contribution is -0.118. The Bertz CT molecular complexity index is 889. The van der Waals surface area contributed by atoms with Crippen LogP contribution >= 0.6 is 11.3 Å². The number of thiophene rings is 1. The van der Waals surface area contributed by atoms with Crippen molar-refractivity contribution < 1.29 is 30.8 Å². The summed E-state index contributed by atoms with van der Waals surface area (Å²) in [5.74, 6) is -8.77.